The summed E-state index contributed by atoms with van der Waals surface area (Å²) in [6, 6.07) is 11.5. The second kappa shape index (κ2) is 8.17. The van der Waals surface area contributed by atoms with Gasteiger partial charge < -0.3 is 14.6 Å². The highest BCUT2D eigenvalue weighted by Crippen LogP contribution is 2.50. The van der Waals surface area contributed by atoms with Crippen molar-refractivity contribution >= 4 is 5.78 Å². The molecule has 4 rings (SSSR count). The van der Waals surface area contributed by atoms with Crippen LogP contribution in [0.2, 0.25) is 0 Å². The summed E-state index contributed by atoms with van der Waals surface area (Å²) in [7, 11) is 1.59. The van der Waals surface area contributed by atoms with Gasteiger partial charge in [0, 0.05) is 24.5 Å². The van der Waals surface area contributed by atoms with Gasteiger partial charge in [0.15, 0.2) is 5.78 Å². The molecule has 0 unspecified atom stereocenters. The maximum Gasteiger partial charge on any atom is 0.170 e. The smallest absolute Gasteiger partial charge is 0.170 e. The number of hydrogen-bond acceptors (Lipinski definition) is 4. The average molecular weight is 407 g/mol. The molecule has 1 aliphatic carbocycles. The van der Waals surface area contributed by atoms with Crippen molar-refractivity contribution in [3.8, 4) is 17.2 Å². The molecule has 1 spiro atoms. The second-order valence-corrected chi connectivity index (χ2v) is 8.84. The highest BCUT2D eigenvalue weighted by atomic mass is 16.5. The molecule has 2 atom stereocenters. The van der Waals surface area contributed by atoms with Gasteiger partial charge in [-0.2, -0.15) is 0 Å². The van der Waals surface area contributed by atoms with E-state index < -0.39 is 5.60 Å². The Labute approximate surface area is 178 Å². The maximum atomic E-state index is 13.1. The van der Waals surface area contributed by atoms with Crippen LogP contribution in [-0.4, -0.2) is 23.6 Å². The second-order valence-electron chi connectivity index (χ2n) is 8.84. The first-order valence-corrected chi connectivity index (χ1v) is 10.8. The highest BCUT2D eigenvalue weighted by molar-refractivity contribution is 6.02. The van der Waals surface area contributed by atoms with E-state index in [1.807, 2.05) is 30.3 Å². The molecule has 0 radical (unpaired) electrons. The number of carbonyl (C=O) groups is 1. The third kappa shape index (κ3) is 3.83. The zero-order valence-corrected chi connectivity index (χ0v) is 18.0. The molecular weight excluding hydrogens is 376 g/mol. The predicted octanol–water partition coefficient (Wildman–Crippen LogP) is 5.51. The van der Waals surface area contributed by atoms with Crippen molar-refractivity contribution in [2.24, 2.45) is 11.8 Å². The Hall–Kier alpha value is -2.75. The Balaban J connectivity index is 1.63. The number of carbonyl (C=O) groups excluding carboxylic acids is 1. The molecule has 2 aromatic rings. The number of aryl methyl sites for hydroxylation is 1. The molecule has 1 aliphatic heterocycles. The topological polar surface area (TPSA) is 55.8 Å². The van der Waals surface area contributed by atoms with Gasteiger partial charge in [-0.05, 0) is 42.7 Å². The van der Waals surface area contributed by atoms with Gasteiger partial charge in [-0.15, -0.1) is 0 Å². The molecular formula is C26H30O4. The van der Waals surface area contributed by atoms with Crippen molar-refractivity contribution in [2.45, 2.75) is 51.6 Å². The third-order valence-corrected chi connectivity index (χ3v) is 6.49. The maximum absolute atomic E-state index is 13.1. The number of methoxy groups -OCH3 is 1. The molecule has 0 fully saturated rings. The van der Waals surface area contributed by atoms with Gasteiger partial charge in [0.25, 0.3) is 0 Å². The molecule has 0 saturated carbocycles. The van der Waals surface area contributed by atoms with Crippen LogP contribution in [0.1, 0.15) is 54.6 Å². The van der Waals surface area contributed by atoms with E-state index in [2.05, 4.69) is 26.0 Å². The Morgan fingerprint density at radius 3 is 2.70 bits per heavy atom. The third-order valence-electron chi connectivity index (χ3n) is 6.49. The Kier molecular flexibility index (Phi) is 5.59. The number of Topliss-reactive ketones (excluding diaryl/α,β-unsaturated/α-hetero) is 1. The fraction of sp³-hybridized carbons (Fsp3) is 0.423. The van der Waals surface area contributed by atoms with Gasteiger partial charge in [0.2, 0.25) is 0 Å². The van der Waals surface area contributed by atoms with E-state index in [-0.39, 0.29) is 17.1 Å². The molecule has 0 amide bonds. The minimum atomic E-state index is -0.455. The molecule has 2 aromatic carbocycles. The molecule has 0 aromatic heterocycles. The summed E-state index contributed by atoms with van der Waals surface area (Å²) in [4.78, 5) is 13.1. The van der Waals surface area contributed by atoms with E-state index in [4.69, 9.17) is 9.47 Å². The van der Waals surface area contributed by atoms with Crippen LogP contribution in [0.15, 0.2) is 48.6 Å². The van der Waals surface area contributed by atoms with Gasteiger partial charge in [0.05, 0.1) is 7.11 Å². The monoisotopic (exact) mass is 406 g/mol. The van der Waals surface area contributed by atoms with E-state index >= 15 is 0 Å². The van der Waals surface area contributed by atoms with Crippen LogP contribution < -0.4 is 9.47 Å². The van der Waals surface area contributed by atoms with E-state index in [1.54, 1.807) is 13.2 Å². The normalized spacial score (nSPS) is 22.2. The minimum absolute atomic E-state index is 0.0689. The number of phenols is 1. The summed E-state index contributed by atoms with van der Waals surface area (Å²) in [5.41, 5.74) is 1.82. The van der Waals surface area contributed by atoms with E-state index in [9.17, 15) is 9.90 Å². The molecule has 4 heteroatoms. The Morgan fingerprint density at radius 1 is 1.30 bits per heavy atom. The van der Waals surface area contributed by atoms with Crippen LogP contribution in [0, 0.1) is 11.8 Å². The number of phenolic OH excluding ortho intramolecular Hbond substituents is 1. The number of rotatable bonds is 6. The van der Waals surface area contributed by atoms with Crippen molar-refractivity contribution in [3.63, 3.8) is 0 Å². The van der Waals surface area contributed by atoms with Crippen molar-refractivity contribution in [1.82, 2.24) is 0 Å². The van der Waals surface area contributed by atoms with Crippen molar-refractivity contribution in [2.75, 3.05) is 7.11 Å². The first kappa shape index (κ1) is 20.5. The number of ketones is 1. The molecule has 0 saturated heterocycles. The van der Waals surface area contributed by atoms with Crippen molar-refractivity contribution in [1.29, 1.82) is 0 Å². The van der Waals surface area contributed by atoms with Crippen molar-refractivity contribution in [3.05, 3.63) is 65.2 Å². The lowest BCUT2D eigenvalue weighted by atomic mass is 9.78. The van der Waals surface area contributed by atoms with Gasteiger partial charge in [0.1, 0.15) is 28.4 Å². The molecule has 4 nitrogen and oxygen atoms in total. The number of benzene rings is 2. The first-order valence-electron chi connectivity index (χ1n) is 10.8. The summed E-state index contributed by atoms with van der Waals surface area (Å²) < 4.78 is 12.0. The first-order chi connectivity index (χ1) is 14.4. The predicted molar refractivity (Wildman–Crippen MR) is 118 cm³/mol. The van der Waals surface area contributed by atoms with E-state index in [1.165, 1.54) is 0 Å². The van der Waals surface area contributed by atoms with Crippen LogP contribution in [0.4, 0.5) is 0 Å². The molecule has 1 N–H and O–H groups in total. The van der Waals surface area contributed by atoms with Crippen LogP contribution >= 0.6 is 0 Å². The van der Waals surface area contributed by atoms with Crippen molar-refractivity contribution < 1.29 is 19.4 Å². The van der Waals surface area contributed by atoms with E-state index in [0.717, 1.165) is 24.0 Å². The highest BCUT2D eigenvalue weighted by Gasteiger charge is 2.43. The fourth-order valence-electron chi connectivity index (χ4n) is 4.64. The quantitative estimate of drug-likeness (QED) is 0.507. The zero-order valence-electron chi connectivity index (χ0n) is 18.0. The lowest BCUT2D eigenvalue weighted by Crippen LogP contribution is -2.35. The van der Waals surface area contributed by atoms with Gasteiger partial charge in [-0.1, -0.05) is 50.3 Å². The lowest BCUT2D eigenvalue weighted by Gasteiger charge is -2.33. The SMILES string of the molecule is COc1cc(O)c(C(=O)CCc2ccccc2)c2c1C[C@]1(C=C[C@@H](C(C)C)CC1)O2. The average Bonchev–Trinajstić information content (AvgIpc) is 3.10. The minimum Gasteiger partial charge on any atom is -0.507 e. The molecule has 0 bridgehead atoms. The number of aromatic hydroxyl groups is 1. The van der Waals surface area contributed by atoms with Gasteiger partial charge in [-0.3, -0.25) is 4.79 Å². The molecule has 30 heavy (non-hydrogen) atoms. The number of fused-ring (bicyclic) bond motifs is 1. The fourth-order valence-corrected chi connectivity index (χ4v) is 4.64. The van der Waals surface area contributed by atoms with Crippen LogP contribution in [0.3, 0.4) is 0 Å². The summed E-state index contributed by atoms with van der Waals surface area (Å²) in [5, 5.41) is 10.7. The lowest BCUT2D eigenvalue weighted by molar-refractivity contribution is 0.0954. The summed E-state index contributed by atoms with van der Waals surface area (Å²) in [6.07, 6.45) is 7.96. The standard InChI is InChI=1S/C26H30O4/c1-17(2)19-11-13-26(14-12-19)16-20-23(29-3)15-22(28)24(25(20)30-26)21(27)10-9-18-7-5-4-6-8-18/h4-8,11,13,15,17,19,28H,9-10,12,14,16H2,1-3H3/t19-,26-/m1/s1. The largest absolute Gasteiger partial charge is 0.507 e. The zero-order chi connectivity index (χ0) is 21.3. The number of ether oxygens (including phenoxy) is 2. The number of hydrogen-bond donors (Lipinski definition) is 1. The van der Waals surface area contributed by atoms with Crippen LogP contribution in [-0.2, 0) is 12.8 Å². The van der Waals surface area contributed by atoms with E-state index in [0.29, 0.717) is 42.6 Å². The number of allylic oxidation sites excluding steroid dienone is 1. The summed E-state index contributed by atoms with van der Waals surface area (Å²) in [6.45, 7) is 4.48. The van der Waals surface area contributed by atoms with Gasteiger partial charge in [-0.25, -0.2) is 0 Å². The summed E-state index contributed by atoms with van der Waals surface area (Å²) >= 11 is 0. The molecule has 2 aliphatic rings. The van der Waals surface area contributed by atoms with Gasteiger partial charge >= 0.3 is 0 Å². The summed E-state index contributed by atoms with van der Waals surface area (Å²) in [5.74, 6) is 2.05. The Morgan fingerprint density at radius 2 is 2.07 bits per heavy atom. The molecule has 1 heterocycles. The molecule has 158 valence electrons. The van der Waals surface area contributed by atoms with Crippen LogP contribution in [0.25, 0.3) is 0 Å². The van der Waals surface area contributed by atoms with Crippen LogP contribution in [0.5, 0.6) is 17.2 Å². The Bertz CT molecular complexity index is 961.